The third-order valence-electron chi connectivity index (χ3n) is 7.30. The van der Waals surface area contributed by atoms with Gasteiger partial charge in [-0.2, -0.15) is 8.42 Å². The number of carbonyl (C=O) groups is 1. The molecule has 0 aliphatic heterocycles. The molecule has 0 aliphatic carbocycles. The minimum Gasteiger partial charge on any atom is -0.387 e. The van der Waals surface area contributed by atoms with Gasteiger partial charge in [-0.25, -0.2) is 0 Å². The third-order valence-corrected chi connectivity index (χ3v) is 8.08. The topological polar surface area (TPSA) is 104 Å². The molecule has 7 heteroatoms. The van der Waals surface area contributed by atoms with E-state index >= 15 is 0 Å². The fourth-order valence-corrected chi connectivity index (χ4v) is 5.51. The van der Waals surface area contributed by atoms with Crippen LogP contribution in [-0.2, 0) is 14.9 Å². The van der Waals surface area contributed by atoms with Crippen molar-refractivity contribution in [3.05, 3.63) is 36.5 Å². The van der Waals surface area contributed by atoms with Gasteiger partial charge in [0.05, 0.1) is 17.9 Å². The molecule has 0 heterocycles. The fourth-order valence-electron chi connectivity index (χ4n) is 4.77. The molecule has 0 saturated carbocycles. The average Bonchev–Trinajstić information content (AvgIpc) is 2.92. The van der Waals surface area contributed by atoms with Crippen LogP contribution in [0.2, 0.25) is 0 Å². The van der Waals surface area contributed by atoms with Crippen LogP contribution < -0.4 is 5.32 Å². The van der Waals surface area contributed by atoms with Gasteiger partial charge < -0.3 is 10.4 Å². The van der Waals surface area contributed by atoms with Crippen LogP contribution in [0.1, 0.15) is 155 Å². The zero-order valence-electron chi connectivity index (χ0n) is 26.4. The van der Waals surface area contributed by atoms with Gasteiger partial charge in [0.2, 0.25) is 5.91 Å². The molecule has 0 rings (SSSR count). The van der Waals surface area contributed by atoms with Gasteiger partial charge >= 0.3 is 0 Å². The SMILES string of the molecule is CCCCCCCCC/C=C/CC/C=C/CC/C=C/C(O)C(CS(=O)(=O)O)NC(=O)CCCCCCCCCCC. The molecule has 41 heavy (non-hydrogen) atoms. The number of hydrogen-bond donors (Lipinski definition) is 3. The molecule has 0 aromatic heterocycles. The Labute approximate surface area is 253 Å². The van der Waals surface area contributed by atoms with Crippen LogP contribution in [0.4, 0.5) is 0 Å². The van der Waals surface area contributed by atoms with E-state index in [2.05, 4.69) is 43.5 Å². The van der Waals surface area contributed by atoms with Gasteiger partial charge in [-0.1, -0.05) is 140 Å². The van der Waals surface area contributed by atoms with Gasteiger partial charge in [0.15, 0.2) is 0 Å². The van der Waals surface area contributed by atoms with E-state index in [0.717, 1.165) is 38.5 Å². The number of aliphatic hydroxyl groups excluding tert-OH is 1. The summed E-state index contributed by atoms with van der Waals surface area (Å²) in [4.78, 5) is 12.3. The molecule has 6 nitrogen and oxygen atoms in total. The Morgan fingerprint density at radius 2 is 1.05 bits per heavy atom. The van der Waals surface area contributed by atoms with Crippen molar-refractivity contribution in [1.29, 1.82) is 0 Å². The minimum atomic E-state index is -4.34. The van der Waals surface area contributed by atoms with E-state index in [1.807, 2.05) is 0 Å². The second-order valence-corrected chi connectivity index (χ2v) is 12.9. The molecule has 0 spiro atoms. The van der Waals surface area contributed by atoms with E-state index in [-0.39, 0.29) is 12.3 Å². The van der Waals surface area contributed by atoms with Crippen molar-refractivity contribution in [1.82, 2.24) is 5.32 Å². The lowest BCUT2D eigenvalue weighted by atomic mass is 10.1. The predicted octanol–water partition coefficient (Wildman–Crippen LogP) is 9.01. The van der Waals surface area contributed by atoms with Crippen LogP contribution >= 0.6 is 0 Å². The first-order valence-corrected chi connectivity index (χ1v) is 18.3. The lowest BCUT2D eigenvalue weighted by Crippen LogP contribution is -2.46. The summed E-state index contributed by atoms with van der Waals surface area (Å²) in [6.07, 6.45) is 35.6. The van der Waals surface area contributed by atoms with E-state index in [1.54, 1.807) is 6.08 Å². The average molecular weight is 598 g/mol. The normalized spacial score (nSPS) is 14.0. The van der Waals surface area contributed by atoms with E-state index in [9.17, 15) is 22.9 Å². The lowest BCUT2D eigenvalue weighted by molar-refractivity contribution is -0.122. The molecule has 0 aromatic rings. The molecule has 0 fully saturated rings. The number of aliphatic hydroxyl groups is 1. The highest BCUT2D eigenvalue weighted by molar-refractivity contribution is 7.85. The van der Waals surface area contributed by atoms with Crippen molar-refractivity contribution < 1.29 is 22.9 Å². The van der Waals surface area contributed by atoms with E-state index in [4.69, 9.17) is 0 Å². The van der Waals surface area contributed by atoms with Gasteiger partial charge in [0, 0.05) is 6.42 Å². The smallest absolute Gasteiger partial charge is 0.267 e. The number of hydrogen-bond acceptors (Lipinski definition) is 4. The molecule has 3 N–H and O–H groups in total. The number of carbonyl (C=O) groups excluding carboxylic acids is 1. The van der Waals surface area contributed by atoms with Crippen molar-refractivity contribution in [2.24, 2.45) is 0 Å². The van der Waals surface area contributed by atoms with Gasteiger partial charge in [0.1, 0.15) is 0 Å². The van der Waals surface area contributed by atoms with Crippen LogP contribution in [0.15, 0.2) is 36.5 Å². The highest BCUT2D eigenvalue weighted by Crippen LogP contribution is 2.12. The molecular formula is C34H63NO5S. The van der Waals surface area contributed by atoms with Gasteiger partial charge in [0.25, 0.3) is 10.1 Å². The number of rotatable bonds is 29. The van der Waals surface area contributed by atoms with Crippen LogP contribution in [0, 0.1) is 0 Å². The first-order chi connectivity index (χ1) is 19.8. The van der Waals surface area contributed by atoms with Crippen molar-refractivity contribution in [2.45, 2.75) is 167 Å². The third kappa shape index (κ3) is 29.8. The van der Waals surface area contributed by atoms with E-state index < -0.39 is 28.0 Å². The highest BCUT2D eigenvalue weighted by Gasteiger charge is 2.24. The molecule has 0 aromatic carbocycles. The molecular weight excluding hydrogens is 534 g/mol. The number of unbranched alkanes of at least 4 members (excludes halogenated alkanes) is 17. The highest BCUT2D eigenvalue weighted by atomic mass is 32.2. The first-order valence-electron chi connectivity index (χ1n) is 16.7. The maximum Gasteiger partial charge on any atom is 0.267 e. The maximum atomic E-state index is 12.3. The maximum absolute atomic E-state index is 12.3. The second-order valence-electron chi connectivity index (χ2n) is 11.4. The summed E-state index contributed by atoms with van der Waals surface area (Å²) >= 11 is 0. The number of allylic oxidation sites excluding steroid dienone is 5. The lowest BCUT2D eigenvalue weighted by Gasteiger charge is -2.21. The summed E-state index contributed by atoms with van der Waals surface area (Å²) < 4.78 is 32.2. The predicted molar refractivity (Wildman–Crippen MR) is 175 cm³/mol. The van der Waals surface area contributed by atoms with Gasteiger partial charge in [-0.05, 0) is 44.9 Å². The monoisotopic (exact) mass is 597 g/mol. The van der Waals surface area contributed by atoms with Crippen LogP contribution in [0.3, 0.4) is 0 Å². The summed E-state index contributed by atoms with van der Waals surface area (Å²) in [5, 5.41) is 13.1. The van der Waals surface area contributed by atoms with Crippen LogP contribution in [-0.4, -0.2) is 41.9 Å². The summed E-state index contributed by atoms with van der Waals surface area (Å²) in [5.74, 6) is -1.01. The van der Waals surface area contributed by atoms with E-state index in [0.29, 0.717) is 6.42 Å². The van der Waals surface area contributed by atoms with Crippen molar-refractivity contribution >= 4 is 16.0 Å². The minimum absolute atomic E-state index is 0.285. The number of nitrogens with one attached hydrogen (secondary N) is 1. The zero-order valence-corrected chi connectivity index (χ0v) is 27.2. The van der Waals surface area contributed by atoms with E-state index in [1.165, 1.54) is 96.0 Å². The molecule has 0 saturated heterocycles. The zero-order chi connectivity index (χ0) is 30.4. The summed E-state index contributed by atoms with van der Waals surface area (Å²) in [5.41, 5.74) is 0. The van der Waals surface area contributed by atoms with Crippen molar-refractivity contribution in [3.8, 4) is 0 Å². The Balaban J connectivity index is 4.12. The quantitative estimate of drug-likeness (QED) is 0.0453. The summed E-state index contributed by atoms with van der Waals surface area (Å²) in [6.45, 7) is 4.46. The van der Waals surface area contributed by atoms with Gasteiger partial charge in [-0.3, -0.25) is 9.35 Å². The molecule has 0 bridgehead atoms. The Bertz CT molecular complexity index is 791. The van der Waals surface area contributed by atoms with Crippen LogP contribution in [0.5, 0.6) is 0 Å². The molecule has 240 valence electrons. The van der Waals surface area contributed by atoms with Gasteiger partial charge in [-0.15, -0.1) is 0 Å². The Hall–Kier alpha value is -1.44. The molecule has 1 amide bonds. The van der Waals surface area contributed by atoms with Crippen LogP contribution in [0.25, 0.3) is 0 Å². The molecule has 0 radical (unpaired) electrons. The first kappa shape index (κ1) is 39.6. The fraction of sp³-hybridized carbons (Fsp3) is 0.794. The Morgan fingerprint density at radius 3 is 1.54 bits per heavy atom. The molecule has 2 atom stereocenters. The number of amides is 1. The second kappa shape index (κ2) is 28.7. The summed E-state index contributed by atoms with van der Waals surface area (Å²) in [7, 11) is -4.34. The molecule has 2 unspecified atom stereocenters. The summed E-state index contributed by atoms with van der Waals surface area (Å²) in [6, 6.07) is -1.07. The largest absolute Gasteiger partial charge is 0.387 e. The Kier molecular flexibility index (Phi) is 27.7. The van der Waals surface area contributed by atoms with Crippen molar-refractivity contribution in [2.75, 3.05) is 5.75 Å². The molecule has 0 aliphatic rings. The van der Waals surface area contributed by atoms with Crippen molar-refractivity contribution in [3.63, 3.8) is 0 Å². The Morgan fingerprint density at radius 1 is 0.634 bits per heavy atom. The standard InChI is InChI=1S/C34H63NO5S/c1-3-5-7-9-11-13-14-15-16-17-18-19-20-22-23-25-27-29-33(36)32(31-41(38,39)40)35-34(37)30-28-26-24-21-12-10-8-6-4-2/h16-17,20,22,27,29,32-33,36H,3-15,18-19,21,23-26,28,30-31H2,1-2H3,(H,35,37)(H,38,39,40)/b17-16+,22-20+,29-27+.